The van der Waals surface area contributed by atoms with Gasteiger partial charge in [0.25, 0.3) is 0 Å². The van der Waals surface area contributed by atoms with Crippen LogP contribution in [0, 0.1) is 0 Å². The first-order valence-corrected chi connectivity index (χ1v) is 7.73. The zero-order valence-corrected chi connectivity index (χ0v) is 12.6. The molecule has 0 radical (unpaired) electrons. The molecule has 0 aliphatic carbocycles. The van der Waals surface area contributed by atoms with Crippen LogP contribution in [0.4, 0.5) is 5.69 Å². The van der Waals surface area contributed by atoms with E-state index in [0.717, 1.165) is 10.0 Å². The van der Waals surface area contributed by atoms with Gasteiger partial charge in [-0.3, -0.25) is 4.21 Å². The molecule has 2 nitrogen and oxygen atoms in total. The van der Waals surface area contributed by atoms with E-state index in [1.165, 1.54) is 0 Å². The summed E-state index contributed by atoms with van der Waals surface area (Å²) in [6.45, 7) is 0. The van der Waals surface area contributed by atoms with E-state index in [9.17, 15) is 4.21 Å². The van der Waals surface area contributed by atoms with Gasteiger partial charge in [-0.15, -0.1) is 0 Å². The largest absolute Gasteiger partial charge is 0.399 e. The topological polar surface area (TPSA) is 43.1 Å². The number of benzene rings is 2. The molecule has 0 fully saturated rings. The summed E-state index contributed by atoms with van der Waals surface area (Å²) in [5, 5.41) is 0.486. The number of rotatable bonds is 3. The quantitative estimate of drug-likeness (QED) is 0.855. The summed E-state index contributed by atoms with van der Waals surface area (Å²) < 4.78 is 13.2. The Kier molecular flexibility index (Phi) is 4.43. The first-order chi connectivity index (χ1) is 8.56. The number of hydrogen-bond donors (Lipinski definition) is 1. The van der Waals surface area contributed by atoms with E-state index in [1.807, 2.05) is 24.3 Å². The third-order valence-corrected chi connectivity index (χ3v) is 4.81. The molecule has 0 aliphatic rings. The molecule has 0 saturated heterocycles. The molecule has 0 bridgehead atoms. The Morgan fingerprint density at radius 3 is 2.50 bits per heavy atom. The van der Waals surface area contributed by atoms with Crippen LogP contribution < -0.4 is 5.73 Å². The Labute approximate surface area is 122 Å². The second kappa shape index (κ2) is 5.87. The smallest absolute Gasteiger partial charge is 0.0598 e. The van der Waals surface area contributed by atoms with Crippen LogP contribution in [0.15, 0.2) is 51.8 Å². The van der Waals surface area contributed by atoms with Gasteiger partial charge in [-0.2, -0.15) is 0 Å². The summed E-state index contributed by atoms with van der Waals surface area (Å²) >= 11 is 9.39. The number of halogens is 2. The maximum absolute atomic E-state index is 12.2. The molecule has 0 aromatic heterocycles. The minimum atomic E-state index is -1.19. The molecule has 5 heteroatoms. The van der Waals surface area contributed by atoms with Gasteiger partial charge in [0.15, 0.2) is 0 Å². The lowest BCUT2D eigenvalue weighted by molar-refractivity contribution is 0.682. The molecule has 1 unspecified atom stereocenters. The van der Waals surface area contributed by atoms with E-state index < -0.39 is 10.8 Å². The number of anilines is 1. The lowest BCUT2D eigenvalue weighted by Crippen LogP contribution is -1.98. The van der Waals surface area contributed by atoms with Crippen molar-refractivity contribution in [2.75, 3.05) is 5.73 Å². The van der Waals surface area contributed by atoms with E-state index in [4.69, 9.17) is 17.3 Å². The van der Waals surface area contributed by atoms with Gasteiger partial charge >= 0.3 is 0 Å². The van der Waals surface area contributed by atoms with E-state index in [1.54, 1.807) is 18.2 Å². The number of nitrogen functional groups attached to an aromatic ring is 1. The summed E-state index contributed by atoms with van der Waals surface area (Å²) in [5.74, 6) is 0.427. The molecule has 2 aromatic carbocycles. The first-order valence-electron chi connectivity index (χ1n) is 5.24. The molecule has 1 atom stereocenters. The number of hydrogen-bond acceptors (Lipinski definition) is 2. The van der Waals surface area contributed by atoms with Crippen molar-refractivity contribution in [2.24, 2.45) is 0 Å². The molecular weight excluding hydrogens is 334 g/mol. The summed E-state index contributed by atoms with van der Waals surface area (Å²) in [4.78, 5) is 0.583. The highest BCUT2D eigenvalue weighted by Crippen LogP contribution is 2.24. The average molecular weight is 345 g/mol. The van der Waals surface area contributed by atoms with E-state index in [-0.39, 0.29) is 0 Å². The molecule has 0 aliphatic heterocycles. The zero-order valence-electron chi connectivity index (χ0n) is 9.40. The predicted octanol–water partition coefficient (Wildman–Crippen LogP) is 3.99. The van der Waals surface area contributed by atoms with E-state index in [0.29, 0.717) is 21.4 Å². The Morgan fingerprint density at radius 1 is 1.17 bits per heavy atom. The highest BCUT2D eigenvalue weighted by Gasteiger charge is 2.10. The molecule has 18 heavy (non-hydrogen) atoms. The van der Waals surface area contributed by atoms with Crippen LogP contribution in [-0.4, -0.2) is 4.21 Å². The van der Waals surface area contributed by atoms with Gasteiger partial charge in [0.2, 0.25) is 0 Å². The van der Waals surface area contributed by atoms with Gasteiger partial charge in [0, 0.05) is 10.2 Å². The molecule has 94 valence electrons. The summed E-state index contributed by atoms with van der Waals surface area (Å²) in [7, 11) is -1.19. The Morgan fingerprint density at radius 2 is 1.83 bits per heavy atom. The minimum absolute atomic E-state index is 0.427. The summed E-state index contributed by atoms with van der Waals surface area (Å²) in [6.07, 6.45) is 0. The fourth-order valence-corrected chi connectivity index (χ4v) is 3.35. The van der Waals surface area contributed by atoms with Crippen molar-refractivity contribution in [2.45, 2.75) is 10.6 Å². The highest BCUT2D eigenvalue weighted by molar-refractivity contribution is 9.10. The first kappa shape index (κ1) is 13.6. The Bertz CT molecular complexity index is 586. The third-order valence-electron chi connectivity index (χ3n) is 2.41. The van der Waals surface area contributed by atoms with Crippen molar-refractivity contribution >= 4 is 44.0 Å². The SMILES string of the molecule is Nc1ccc(Cl)c(S(=O)Cc2ccc(Br)cc2)c1. The van der Waals surface area contributed by atoms with Crippen LogP contribution in [0.25, 0.3) is 0 Å². The van der Waals surface area contributed by atoms with Crippen LogP contribution in [0.3, 0.4) is 0 Å². The van der Waals surface area contributed by atoms with Crippen LogP contribution in [0.1, 0.15) is 5.56 Å². The fourth-order valence-electron chi connectivity index (χ4n) is 1.50. The lowest BCUT2D eigenvalue weighted by atomic mass is 10.2. The molecule has 2 aromatic rings. The molecule has 2 N–H and O–H groups in total. The van der Waals surface area contributed by atoms with Crippen LogP contribution in [0.2, 0.25) is 5.02 Å². The maximum atomic E-state index is 12.2. The van der Waals surface area contributed by atoms with Crippen LogP contribution in [0.5, 0.6) is 0 Å². The average Bonchev–Trinajstić information content (AvgIpc) is 2.35. The minimum Gasteiger partial charge on any atom is -0.399 e. The van der Waals surface area contributed by atoms with E-state index in [2.05, 4.69) is 15.9 Å². The van der Waals surface area contributed by atoms with Crippen molar-refractivity contribution in [1.29, 1.82) is 0 Å². The van der Waals surface area contributed by atoms with Crippen LogP contribution in [-0.2, 0) is 16.6 Å². The van der Waals surface area contributed by atoms with Gasteiger partial charge in [0.05, 0.1) is 26.5 Å². The molecule has 2 rings (SSSR count). The molecule has 0 amide bonds. The molecular formula is C13H11BrClNOS. The highest BCUT2D eigenvalue weighted by atomic mass is 79.9. The summed E-state index contributed by atoms with van der Waals surface area (Å²) in [6, 6.07) is 12.7. The summed E-state index contributed by atoms with van der Waals surface area (Å²) in [5.41, 5.74) is 7.24. The van der Waals surface area contributed by atoms with Crippen molar-refractivity contribution in [1.82, 2.24) is 0 Å². The third kappa shape index (κ3) is 3.34. The molecule has 0 saturated carbocycles. The van der Waals surface area contributed by atoms with Crippen LogP contribution >= 0.6 is 27.5 Å². The Balaban J connectivity index is 2.21. The maximum Gasteiger partial charge on any atom is 0.0598 e. The second-order valence-corrected chi connectivity index (χ2v) is 6.55. The van der Waals surface area contributed by atoms with Crippen molar-refractivity contribution in [3.05, 3.63) is 57.5 Å². The Hall–Kier alpha value is -0.840. The monoisotopic (exact) mass is 343 g/mol. The van der Waals surface area contributed by atoms with Gasteiger partial charge in [-0.1, -0.05) is 39.7 Å². The second-order valence-electron chi connectivity index (χ2n) is 3.81. The molecule has 0 spiro atoms. The van der Waals surface area contributed by atoms with Gasteiger partial charge < -0.3 is 5.73 Å². The van der Waals surface area contributed by atoms with E-state index >= 15 is 0 Å². The molecule has 0 heterocycles. The predicted molar refractivity (Wildman–Crippen MR) is 80.1 cm³/mol. The standard InChI is InChI=1S/C13H11BrClNOS/c14-10-3-1-9(2-4-10)8-18(17)13-7-11(16)5-6-12(13)15/h1-7H,8,16H2. The van der Waals surface area contributed by atoms with Gasteiger partial charge in [0.1, 0.15) is 0 Å². The zero-order chi connectivity index (χ0) is 13.1. The van der Waals surface area contributed by atoms with Crippen molar-refractivity contribution in [3.8, 4) is 0 Å². The fraction of sp³-hybridized carbons (Fsp3) is 0.0769. The lowest BCUT2D eigenvalue weighted by Gasteiger charge is -2.06. The number of nitrogens with two attached hydrogens (primary N) is 1. The van der Waals surface area contributed by atoms with Gasteiger partial charge in [-0.25, -0.2) is 0 Å². The van der Waals surface area contributed by atoms with Crippen molar-refractivity contribution in [3.63, 3.8) is 0 Å². The van der Waals surface area contributed by atoms with Crippen molar-refractivity contribution < 1.29 is 4.21 Å². The van der Waals surface area contributed by atoms with Gasteiger partial charge in [-0.05, 0) is 35.9 Å². The normalized spacial score (nSPS) is 12.3.